The molecule has 4 bridgehead atoms. The van der Waals surface area contributed by atoms with Crippen LogP contribution in [0.5, 0.6) is 11.5 Å². The molecule has 2 heterocycles. The van der Waals surface area contributed by atoms with Gasteiger partial charge in [0.1, 0.15) is 11.7 Å². The maximum Gasteiger partial charge on any atom is 0.165 e. The van der Waals surface area contributed by atoms with Crippen LogP contribution in [0.2, 0.25) is 0 Å². The van der Waals surface area contributed by atoms with Gasteiger partial charge in [0, 0.05) is 29.5 Å². The lowest BCUT2D eigenvalue weighted by atomic mass is 9.35. The average Bonchev–Trinajstić information content (AvgIpc) is 3.48. The van der Waals surface area contributed by atoms with Crippen molar-refractivity contribution in [2.75, 3.05) is 13.1 Å². The van der Waals surface area contributed by atoms with E-state index in [1.807, 2.05) is 13.0 Å². The Morgan fingerprint density at radius 1 is 1.15 bits per heavy atom. The Kier molecular flexibility index (Phi) is 3.65. The lowest BCUT2D eigenvalue weighted by Gasteiger charge is -2.72. The van der Waals surface area contributed by atoms with Gasteiger partial charge in [0.15, 0.2) is 11.5 Å². The molecule has 8 rings (SSSR count). The van der Waals surface area contributed by atoms with Crippen LogP contribution < -0.4 is 4.74 Å². The summed E-state index contributed by atoms with van der Waals surface area (Å²) in [5, 5.41) is 35.2. The summed E-state index contributed by atoms with van der Waals surface area (Å²) >= 11 is 0. The van der Waals surface area contributed by atoms with Crippen molar-refractivity contribution >= 4 is 0 Å². The highest BCUT2D eigenvalue weighted by atomic mass is 16.5. The van der Waals surface area contributed by atoms with E-state index in [9.17, 15) is 15.3 Å². The molecule has 33 heavy (non-hydrogen) atoms. The Balaban J connectivity index is 1.48. The van der Waals surface area contributed by atoms with Gasteiger partial charge in [-0.3, -0.25) is 4.90 Å². The van der Waals surface area contributed by atoms with E-state index in [0.717, 1.165) is 43.8 Å². The smallest absolute Gasteiger partial charge is 0.165 e. The minimum atomic E-state index is -1.29. The maximum absolute atomic E-state index is 12.4. The van der Waals surface area contributed by atoms with Crippen LogP contribution in [-0.4, -0.2) is 56.7 Å². The number of nitrogens with zero attached hydrogens (tertiary/aromatic N) is 1. The predicted octanol–water partition coefficient (Wildman–Crippen LogP) is 3.54. The van der Waals surface area contributed by atoms with Crippen molar-refractivity contribution in [2.45, 2.75) is 88.6 Å². The molecule has 2 spiro atoms. The monoisotopic (exact) mass is 451 g/mol. The molecule has 1 saturated heterocycles. The van der Waals surface area contributed by atoms with Gasteiger partial charge in [0.05, 0.1) is 11.0 Å². The number of rotatable bonds is 3. The Bertz CT molecular complexity index is 1080. The largest absolute Gasteiger partial charge is 0.504 e. The Morgan fingerprint density at radius 3 is 2.61 bits per heavy atom. The standard InChI is InChI=1S/C28H37NO4/c1-24(2,3)25(4,31)19-14-26-9-10-28(19,32)23-27(26)11-12-29(15-16-5-6-16)20(26)13-17-7-8-18(30)22(33-23)21(17)27/h7-10,16,19-20,23,30-32H,5-6,11-15H2,1-4H3/t19-,20?,23+,25-,26?,27-,28+/m0/s1. The fourth-order valence-electron chi connectivity index (χ4n) is 8.65. The fourth-order valence-corrected chi connectivity index (χ4v) is 8.65. The van der Waals surface area contributed by atoms with E-state index in [2.05, 4.69) is 37.8 Å². The summed E-state index contributed by atoms with van der Waals surface area (Å²) in [6, 6.07) is 4.17. The zero-order valence-corrected chi connectivity index (χ0v) is 20.3. The van der Waals surface area contributed by atoms with Gasteiger partial charge >= 0.3 is 0 Å². The van der Waals surface area contributed by atoms with Crippen LogP contribution in [-0.2, 0) is 11.8 Å². The second-order valence-electron chi connectivity index (χ2n) is 13.2. The number of hydrogen-bond acceptors (Lipinski definition) is 5. The van der Waals surface area contributed by atoms with Crippen molar-refractivity contribution in [3.05, 3.63) is 35.4 Å². The van der Waals surface area contributed by atoms with Crippen LogP contribution in [0.25, 0.3) is 0 Å². The van der Waals surface area contributed by atoms with Gasteiger partial charge in [-0.1, -0.05) is 39.0 Å². The molecule has 1 aromatic carbocycles. The first-order chi connectivity index (χ1) is 15.5. The van der Waals surface area contributed by atoms with E-state index in [0.29, 0.717) is 11.8 Å². The SMILES string of the molecule is CC(C)(C)[C@@](C)(O)[C@@H]1CC23C=C[C@]1(O)[C@@H]1Oc4c(O)ccc5c4[C@@]12CCN(CC1CC1)C3C5. The first kappa shape index (κ1) is 20.8. The van der Waals surface area contributed by atoms with Crippen LogP contribution >= 0.6 is 0 Å². The highest BCUT2D eigenvalue weighted by molar-refractivity contribution is 5.65. The second kappa shape index (κ2) is 5.80. The van der Waals surface area contributed by atoms with Crippen LogP contribution in [0, 0.1) is 22.7 Å². The third-order valence-electron chi connectivity index (χ3n) is 11.0. The maximum atomic E-state index is 12.4. The van der Waals surface area contributed by atoms with Crippen LogP contribution in [0.15, 0.2) is 24.3 Å². The lowest BCUT2D eigenvalue weighted by Crippen LogP contribution is -2.81. The number of piperidine rings is 1. The molecule has 1 aromatic rings. The minimum Gasteiger partial charge on any atom is -0.504 e. The normalized spacial score (nSPS) is 44.4. The Morgan fingerprint density at radius 2 is 1.91 bits per heavy atom. The first-order valence-corrected chi connectivity index (χ1v) is 12.9. The molecule has 3 N–H and O–H groups in total. The number of ether oxygens (including phenoxy) is 1. The quantitative estimate of drug-likeness (QED) is 0.613. The summed E-state index contributed by atoms with van der Waals surface area (Å²) in [5.74, 6) is 1.21. The molecule has 5 aliphatic carbocycles. The molecule has 5 nitrogen and oxygen atoms in total. The van der Waals surface area contributed by atoms with Gasteiger partial charge in [-0.2, -0.15) is 0 Å². The first-order valence-electron chi connectivity index (χ1n) is 12.9. The number of benzene rings is 1. The molecule has 0 radical (unpaired) electrons. The number of hydrogen-bond donors (Lipinski definition) is 3. The Hall–Kier alpha value is -1.56. The molecule has 5 heteroatoms. The van der Waals surface area contributed by atoms with Gasteiger partial charge in [0.25, 0.3) is 0 Å². The van der Waals surface area contributed by atoms with Crippen LogP contribution in [0.3, 0.4) is 0 Å². The number of phenols is 1. The summed E-state index contributed by atoms with van der Waals surface area (Å²) < 4.78 is 6.63. The van der Waals surface area contributed by atoms with Gasteiger partial charge in [-0.15, -0.1) is 0 Å². The number of fused-ring (bicyclic) bond motifs is 1. The molecule has 0 amide bonds. The molecule has 7 atom stereocenters. The van der Waals surface area contributed by atoms with E-state index < -0.39 is 22.7 Å². The topological polar surface area (TPSA) is 73.2 Å². The van der Waals surface area contributed by atoms with Gasteiger partial charge in [-0.05, 0) is 68.5 Å². The van der Waals surface area contributed by atoms with E-state index in [4.69, 9.17) is 4.74 Å². The van der Waals surface area contributed by atoms with Crippen LogP contribution in [0.4, 0.5) is 0 Å². The van der Waals surface area contributed by atoms with E-state index in [1.165, 1.54) is 18.4 Å². The highest BCUT2D eigenvalue weighted by Crippen LogP contribution is 2.75. The third-order valence-corrected chi connectivity index (χ3v) is 11.0. The molecular formula is C28H37NO4. The van der Waals surface area contributed by atoms with E-state index in [1.54, 1.807) is 6.07 Å². The molecule has 2 unspecified atom stereocenters. The molecule has 0 aromatic heterocycles. The number of aromatic hydroxyl groups is 1. The van der Waals surface area contributed by atoms with Crippen molar-refractivity contribution in [3.8, 4) is 11.5 Å². The predicted molar refractivity (Wildman–Crippen MR) is 125 cm³/mol. The average molecular weight is 452 g/mol. The molecule has 2 aliphatic heterocycles. The summed E-state index contributed by atoms with van der Waals surface area (Å²) in [4.78, 5) is 2.72. The highest BCUT2D eigenvalue weighted by Gasteiger charge is 2.80. The Labute approximate surface area is 196 Å². The van der Waals surface area contributed by atoms with Gasteiger partial charge < -0.3 is 20.1 Å². The minimum absolute atomic E-state index is 0.175. The van der Waals surface area contributed by atoms with Crippen molar-refractivity contribution in [3.63, 3.8) is 0 Å². The summed E-state index contributed by atoms with van der Waals surface area (Å²) in [7, 11) is 0. The van der Waals surface area contributed by atoms with Gasteiger partial charge in [0.2, 0.25) is 0 Å². The van der Waals surface area contributed by atoms with Crippen molar-refractivity contribution in [2.24, 2.45) is 22.7 Å². The number of likely N-dealkylation sites (tertiary alicyclic amines) is 1. The lowest BCUT2D eigenvalue weighted by molar-refractivity contribution is -0.255. The number of phenolic OH excluding ortho intramolecular Hbond substituents is 1. The molecule has 7 aliphatic rings. The summed E-state index contributed by atoms with van der Waals surface area (Å²) in [6.07, 6.45) is 9.05. The fraction of sp³-hybridized carbons (Fsp3) is 0.714. The second-order valence-corrected chi connectivity index (χ2v) is 13.2. The summed E-state index contributed by atoms with van der Waals surface area (Å²) in [5.41, 5.74) is -0.941. The molecule has 178 valence electrons. The van der Waals surface area contributed by atoms with Crippen molar-refractivity contribution in [1.82, 2.24) is 4.90 Å². The van der Waals surface area contributed by atoms with Crippen molar-refractivity contribution < 1.29 is 20.1 Å². The number of aliphatic hydroxyl groups is 2. The zero-order valence-electron chi connectivity index (χ0n) is 20.3. The van der Waals surface area contributed by atoms with Crippen LogP contribution in [0.1, 0.15) is 64.5 Å². The zero-order chi connectivity index (χ0) is 23.2. The molecule has 2 saturated carbocycles. The van der Waals surface area contributed by atoms with E-state index >= 15 is 0 Å². The molecular weight excluding hydrogens is 414 g/mol. The summed E-state index contributed by atoms with van der Waals surface area (Å²) in [6.45, 7) is 10.2. The van der Waals surface area contributed by atoms with E-state index in [-0.39, 0.29) is 22.5 Å². The molecule has 3 fully saturated rings. The van der Waals surface area contributed by atoms with Crippen molar-refractivity contribution in [1.29, 1.82) is 0 Å². The third kappa shape index (κ3) is 2.17. The van der Waals surface area contributed by atoms with Gasteiger partial charge in [-0.25, -0.2) is 0 Å².